The van der Waals surface area contributed by atoms with Crippen molar-refractivity contribution >= 4 is 17.2 Å². The van der Waals surface area contributed by atoms with Gasteiger partial charge in [0.15, 0.2) is 0 Å². The zero-order valence-corrected chi connectivity index (χ0v) is 13.7. The molecule has 6 nitrogen and oxygen atoms in total. The maximum Gasteiger partial charge on any atom is 0.261 e. The predicted molar refractivity (Wildman–Crippen MR) is 95.0 cm³/mol. The summed E-state index contributed by atoms with van der Waals surface area (Å²) in [4.78, 5) is 14.3. The molecule has 6 heteroatoms. The molecule has 1 aromatic heterocycles. The molecule has 122 valence electrons. The Bertz CT molecular complexity index is 741. The fourth-order valence-electron chi connectivity index (χ4n) is 2.03. The minimum Gasteiger partial charge on any atom is -0.398 e. The number of nitrogens with two attached hydrogens (primary N) is 1. The van der Waals surface area contributed by atoms with Crippen molar-refractivity contribution in [2.45, 2.75) is 32.9 Å². The van der Waals surface area contributed by atoms with Crippen molar-refractivity contribution in [1.82, 2.24) is 10.3 Å². The van der Waals surface area contributed by atoms with Gasteiger partial charge in [-0.25, -0.2) is 0 Å². The van der Waals surface area contributed by atoms with Crippen LogP contribution in [0.4, 0.5) is 11.4 Å². The molecule has 0 bridgehead atoms. The highest BCUT2D eigenvalue weighted by Gasteiger charge is 2.11. The number of nitrogens with one attached hydrogen (secondary N) is 4. The largest absolute Gasteiger partial charge is 0.398 e. The normalized spacial score (nSPS) is 11.3. The fourth-order valence-corrected chi connectivity index (χ4v) is 2.03. The Morgan fingerprint density at radius 2 is 1.87 bits per heavy atom. The van der Waals surface area contributed by atoms with Crippen LogP contribution in [0.5, 0.6) is 0 Å². The first-order chi connectivity index (χ1) is 10.8. The lowest BCUT2D eigenvalue weighted by Crippen LogP contribution is -2.35. The molecule has 0 amide bonds. The Hall–Kier alpha value is -2.60. The van der Waals surface area contributed by atoms with E-state index in [1.165, 1.54) is 6.20 Å². The molecule has 6 N–H and O–H groups in total. The maximum absolute atomic E-state index is 11.8. The Morgan fingerprint density at radius 3 is 2.43 bits per heavy atom. The zero-order chi connectivity index (χ0) is 17.0. The molecule has 0 fully saturated rings. The van der Waals surface area contributed by atoms with E-state index < -0.39 is 0 Å². The van der Waals surface area contributed by atoms with E-state index in [-0.39, 0.29) is 28.2 Å². The highest BCUT2D eigenvalue weighted by molar-refractivity contribution is 6.09. The monoisotopic (exact) mass is 313 g/mol. The summed E-state index contributed by atoms with van der Waals surface area (Å²) >= 11 is 0. The van der Waals surface area contributed by atoms with Crippen LogP contribution in [0.15, 0.2) is 41.3 Å². The van der Waals surface area contributed by atoms with E-state index >= 15 is 0 Å². The van der Waals surface area contributed by atoms with Crippen LogP contribution in [0.2, 0.25) is 0 Å². The van der Waals surface area contributed by atoms with E-state index in [1.54, 1.807) is 6.07 Å². The molecular formula is C17H23N5O. The third-order valence-electron chi connectivity index (χ3n) is 3.29. The van der Waals surface area contributed by atoms with E-state index in [0.29, 0.717) is 0 Å². The van der Waals surface area contributed by atoms with Gasteiger partial charge in [-0.15, -0.1) is 0 Å². The SMILES string of the molecule is CC(C)(C)NCc1ccc(NC(=N)c2c(N)cc[nH]c2=O)cc1. The number of pyridine rings is 1. The van der Waals surface area contributed by atoms with Crippen LogP contribution in [0.3, 0.4) is 0 Å². The predicted octanol–water partition coefficient (Wildman–Crippen LogP) is 2.28. The van der Waals surface area contributed by atoms with Gasteiger partial charge in [0, 0.05) is 29.7 Å². The van der Waals surface area contributed by atoms with E-state index in [4.69, 9.17) is 11.1 Å². The standard InChI is InChI=1S/C17H23N5O/c1-17(2,3)21-10-11-4-6-12(7-5-11)22-15(19)14-13(18)8-9-20-16(14)23/h4-9,21H,10H2,1-3H3,(H2,19,22)(H3,18,20,23). The van der Waals surface area contributed by atoms with Gasteiger partial charge in [0.2, 0.25) is 0 Å². The molecule has 0 aliphatic rings. The summed E-state index contributed by atoms with van der Waals surface area (Å²) in [6.45, 7) is 7.12. The molecule has 2 aromatic rings. The molecule has 0 saturated carbocycles. The summed E-state index contributed by atoms with van der Waals surface area (Å²) in [6.07, 6.45) is 1.46. The van der Waals surface area contributed by atoms with Crippen molar-refractivity contribution < 1.29 is 0 Å². The second-order valence-electron chi connectivity index (χ2n) is 6.44. The maximum atomic E-state index is 11.8. The number of benzene rings is 1. The molecule has 23 heavy (non-hydrogen) atoms. The molecule has 0 aliphatic carbocycles. The summed E-state index contributed by atoms with van der Waals surface area (Å²) in [5.74, 6) is -0.0232. The number of anilines is 2. The van der Waals surface area contributed by atoms with Gasteiger partial charge in [-0.2, -0.15) is 0 Å². The van der Waals surface area contributed by atoms with Gasteiger partial charge in [-0.05, 0) is 44.5 Å². The number of aromatic nitrogens is 1. The highest BCUT2D eigenvalue weighted by atomic mass is 16.1. The lowest BCUT2D eigenvalue weighted by Gasteiger charge is -2.20. The Morgan fingerprint density at radius 1 is 1.22 bits per heavy atom. The Balaban J connectivity index is 2.06. The Kier molecular flexibility index (Phi) is 4.86. The fraction of sp³-hybridized carbons (Fsp3) is 0.294. The quantitative estimate of drug-likeness (QED) is 0.441. The highest BCUT2D eigenvalue weighted by Crippen LogP contribution is 2.13. The van der Waals surface area contributed by atoms with Crippen LogP contribution >= 0.6 is 0 Å². The van der Waals surface area contributed by atoms with Crippen molar-refractivity contribution in [3.8, 4) is 0 Å². The van der Waals surface area contributed by atoms with Crippen molar-refractivity contribution in [2.24, 2.45) is 0 Å². The topological polar surface area (TPSA) is 107 Å². The first-order valence-electron chi connectivity index (χ1n) is 7.43. The summed E-state index contributed by atoms with van der Waals surface area (Å²) < 4.78 is 0. The number of H-pyrrole nitrogens is 1. The smallest absolute Gasteiger partial charge is 0.261 e. The lowest BCUT2D eigenvalue weighted by atomic mass is 10.1. The van der Waals surface area contributed by atoms with Gasteiger partial charge in [0.1, 0.15) is 11.4 Å². The molecule has 0 aliphatic heterocycles. The molecule has 0 spiro atoms. The van der Waals surface area contributed by atoms with Crippen molar-refractivity contribution in [3.05, 3.63) is 58.0 Å². The number of rotatable bonds is 4. The second kappa shape index (κ2) is 6.66. The average molecular weight is 313 g/mol. The van der Waals surface area contributed by atoms with Gasteiger partial charge < -0.3 is 21.4 Å². The minimum absolute atomic E-state index is 0.0232. The third-order valence-corrected chi connectivity index (χ3v) is 3.29. The first kappa shape index (κ1) is 16.8. The van der Waals surface area contributed by atoms with Gasteiger partial charge >= 0.3 is 0 Å². The molecule has 0 atom stereocenters. The second-order valence-corrected chi connectivity index (χ2v) is 6.44. The van der Waals surface area contributed by atoms with Gasteiger partial charge in [-0.3, -0.25) is 10.2 Å². The minimum atomic E-state index is -0.381. The molecule has 0 unspecified atom stereocenters. The molecule has 1 heterocycles. The van der Waals surface area contributed by atoms with Gasteiger partial charge in [-0.1, -0.05) is 12.1 Å². The van der Waals surface area contributed by atoms with Gasteiger partial charge in [0.05, 0.1) is 0 Å². The van der Waals surface area contributed by atoms with E-state index in [1.807, 2.05) is 24.3 Å². The molecule has 0 saturated heterocycles. The number of aromatic amines is 1. The van der Waals surface area contributed by atoms with Crippen LogP contribution in [0, 0.1) is 5.41 Å². The number of nitrogen functional groups attached to an aromatic ring is 1. The summed E-state index contributed by atoms with van der Waals surface area (Å²) in [5.41, 5.74) is 7.75. The van der Waals surface area contributed by atoms with Crippen molar-refractivity contribution in [1.29, 1.82) is 5.41 Å². The average Bonchev–Trinajstić information content (AvgIpc) is 2.45. The molecule has 2 rings (SSSR count). The summed E-state index contributed by atoms with van der Waals surface area (Å²) in [6, 6.07) is 9.27. The van der Waals surface area contributed by atoms with Crippen molar-refractivity contribution in [2.75, 3.05) is 11.1 Å². The Labute approximate surface area is 135 Å². The lowest BCUT2D eigenvalue weighted by molar-refractivity contribution is 0.424. The molecular weight excluding hydrogens is 290 g/mol. The van der Waals surface area contributed by atoms with Crippen LogP contribution in [0.1, 0.15) is 31.9 Å². The van der Waals surface area contributed by atoms with Crippen LogP contribution in [0.25, 0.3) is 0 Å². The van der Waals surface area contributed by atoms with E-state index in [2.05, 4.69) is 36.4 Å². The summed E-state index contributed by atoms with van der Waals surface area (Å²) in [5, 5.41) is 14.4. The van der Waals surface area contributed by atoms with E-state index in [0.717, 1.165) is 17.8 Å². The van der Waals surface area contributed by atoms with Crippen LogP contribution in [-0.4, -0.2) is 16.4 Å². The molecule has 1 aromatic carbocycles. The zero-order valence-electron chi connectivity index (χ0n) is 13.7. The third kappa shape index (κ3) is 4.69. The number of amidine groups is 1. The molecule has 0 radical (unpaired) electrons. The summed E-state index contributed by atoms with van der Waals surface area (Å²) in [7, 11) is 0. The van der Waals surface area contributed by atoms with Crippen LogP contribution in [-0.2, 0) is 6.54 Å². The van der Waals surface area contributed by atoms with Crippen LogP contribution < -0.4 is 21.9 Å². The number of hydrogen-bond acceptors (Lipinski definition) is 4. The van der Waals surface area contributed by atoms with Crippen molar-refractivity contribution in [3.63, 3.8) is 0 Å². The first-order valence-corrected chi connectivity index (χ1v) is 7.43. The van der Waals surface area contributed by atoms with E-state index in [9.17, 15) is 4.79 Å². The van der Waals surface area contributed by atoms with Gasteiger partial charge in [0.25, 0.3) is 5.56 Å². The number of hydrogen-bond donors (Lipinski definition) is 5.